The van der Waals surface area contributed by atoms with Crippen molar-refractivity contribution in [3.63, 3.8) is 0 Å². The van der Waals surface area contributed by atoms with E-state index in [0.29, 0.717) is 28.5 Å². The molecular formula is C23H22FNO4. The van der Waals surface area contributed by atoms with E-state index in [9.17, 15) is 9.18 Å². The van der Waals surface area contributed by atoms with Gasteiger partial charge in [0.15, 0.2) is 11.5 Å². The van der Waals surface area contributed by atoms with E-state index in [0.717, 1.165) is 11.1 Å². The standard InChI is InChI=1S/C23H22FNO4/c1-15-11-21(27-2)22(28-3)13-20(15)25-23(26)17-5-4-6-19(12-17)29-14-16-7-9-18(24)10-8-16/h4-13H,14H2,1-3H3,(H,25,26). The minimum Gasteiger partial charge on any atom is -0.493 e. The molecule has 5 nitrogen and oxygen atoms in total. The van der Waals surface area contributed by atoms with Gasteiger partial charge in [-0.3, -0.25) is 4.79 Å². The van der Waals surface area contributed by atoms with Crippen LogP contribution in [0.1, 0.15) is 21.5 Å². The summed E-state index contributed by atoms with van der Waals surface area (Å²) >= 11 is 0. The first kappa shape index (κ1) is 20.2. The number of carbonyl (C=O) groups is 1. The van der Waals surface area contributed by atoms with Gasteiger partial charge in [0.2, 0.25) is 0 Å². The van der Waals surface area contributed by atoms with Gasteiger partial charge in [-0.05, 0) is 54.4 Å². The fourth-order valence-electron chi connectivity index (χ4n) is 2.78. The summed E-state index contributed by atoms with van der Waals surface area (Å²) in [5.74, 6) is 1.11. The topological polar surface area (TPSA) is 56.8 Å². The predicted octanol–water partition coefficient (Wildman–Crippen LogP) is 4.98. The van der Waals surface area contributed by atoms with Crippen molar-refractivity contribution in [3.8, 4) is 17.2 Å². The number of aryl methyl sites for hydroxylation is 1. The highest BCUT2D eigenvalue weighted by molar-refractivity contribution is 6.05. The molecule has 0 atom stereocenters. The van der Waals surface area contributed by atoms with Crippen LogP contribution in [-0.2, 0) is 6.61 Å². The molecule has 0 bridgehead atoms. The van der Waals surface area contributed by atoms with E-state index in [1.807, 2.05) is 6.92 Å². The molecule has 0 aliphatic carbocycles. The summed E-state index contributed by atoms with van der Waals surface area (Å²) in [6, 6.07) is 16.5. The van der Waals surface area contributed by atoms with Gasteiger partial charge in [-0.15, -0.1) is 0 Å². The zero-order valence-corrected chi connectivity index (χ0v) is 16.5. The summed E-state index contributed by atoms with van der Waals surface area (Å²) in [5, 5.41) is 2.89. The van der Waals surface area contributed by atoms with Gasteiger partial charge in [-0.1, -0.05) is 18.2 Å². The molecule has 0 aliphatic rings. The van der Waals surface area contributed by atoms with Crippen LogP contribution >= 0.6 is 0 Å². The predicted molar refractivity (Wildman–Crippen MR) is 109 cm³/mol. The number of hydrogen-bond acceptors (Lipinski definition) is 4. The van der Waals surface area contributed by atoms with Crippen molar-refractivity contribution in [2.75, 3.05) is 19.5 Å². The maximum atomic E-state index is 13.0. The molecule has 3 aromatic carbocycles. The number of amides is 1. The van der Waals surface area contributed by atoms with E-state index in [2.05, 4.69) is 5.32 Å². The summed E-state index contributed by atoms with van der Waals surface area (Å²) in [5.41, 5.74) is 2.77. The minimum atomic E-state index is -0.294. The molecule has 3 aromatic rings. The fraction of sp³-hybridized carbons (Fsp3) is 0.174. The van der Waals surface area contributed by atoms with E-state index < -0.39 is 0 Å². The SMILES string of the molecule is COc1cc(C)c(NC(=O)c2cccc(OCc3ccc(F)cc3)c2)cc1OC. The van der Waals surface area contributed by atoms with Crippen LogP contribution in [0, 0.1) is 12.7 Å². The Labute approximate surface area is 169 Å². The van der Waals surface area contributed by atoms with Gasteiger partial charge in [0, 0.05) is 17.3 Å². The third-order valence-corrected chi connectivity index (χ3v) is 4.39. The second-order valence-corrected chi connectivity index (χ2v) is 6.42. The van der Waals surface area contributed by atoms with Crippen molar-refractivity contribution in [1.82, 2.24) is 0 Å². The molecule has 3 rings (SSSR count). The van der Waals surface area contributed by atoms with Crippen LogP contribution in [0.5, 0.6) is 17.2 Å². The number of carbonyl (C=O) groups excluding carboxylic acids is 1. The summed E-state index contributed by atoms with van der Waals surface area (Å²) in [6.07, 6.45) is 0. The van der Waals surface area contributed by atoms with E-state index >= 15 is 0 Å². The highest BCUT2D eigenvalue weighted by atomic mass is 19.1. The lowest BCUT2D eigenvalue weighted by Gasteiger charge is -2.14. The van der Waals surface area contributed by atoms with Crippen LogP contribution in [0.25, 0.3) is 0 Å². The van der Waals surface area contributed by atoms with Gasteiger partial charge in [0.05, 0.1) is 14.2 Å². The number of nitrogens with one attached hydrogen (secondary N) is 1. The Hall–Kier alpha value is -3.54. The average molecular weight is 395 g/mol. The van der Waals surface area contributed by atoms with Crippen LogP contribution < -0.4 is 19.5 Å². The van der Waals surface area contributed by atoms with Crippen LogP contribution in [-0.4, -0.2) is 20.1 Å². The molecule has 6 heteroatoms. The highest BCUT2D eigenvalue weighted by Gasteiger charge is 2.13. The molecule has 150 valence electrons. The maximum absolute atomic E-state index is 13.0. The molecule has 1 N–H and O–H groups in total. The molecule has 0 aromatic heterocycles. The lowest BCUT2D eigenvalue weighted by atomic mass is 10.1. The first-order valence-corrected chi connectivity index (χ1v) is 9.01. The first-order chi connectivity index (χ1) is 14.0. The number of benzene rings is 3. The highest BCUT2D eigenvalue weighted by Crippen LogP contribution is 2.33. The quantitative estimate of drug-likeness (QED) is 0.613. The van der Waals surface area contributed by atoms with Gasteiger partial charge < -0.3 is 19.5 Å². The van der Waals surface area contributed by atoms with Crippen molar-refractivity contribution in [3.05, 3.63) is 83.2 Å². The van der Waals surface area contributed by atoms with E-state index in [1.165, 1.54) is 12.1 Å². The number of halogens is 1. The Kier molecular flexibility index (Phi) is 6.34. The smallest absolute Gasteiger partial charge is 0.255 e. The number of rotatable bonds is 7. The van der Waals surface area contributed by atoms with E-state index in [-0.39, 0.29) is 18.3 Å². The molecule has 0 fully saturated rings. The molecule has 0 unspecified atom stereocenters. The van der Waals surface area contributed by atoms with Crippen molar-refractivity contribution < 1.29 is 23.4 Å². The monoisotopic (exact) mass is 395 g/mol. The van der Waals surface area contributed by atoms with Gasteiger partial charge in [0.25, 0.3) is 5.91 Å². The Morgan fingerprint density at radius 1 is 0.966 bits per heavy atom. The largest absolute Gasteiger partial charge is 0.493 e. The van der Waals surface area contributed by atoms with Gasteiger partial charge in [-0.25, -0.2) is 4.39 Å². The fourth-order valence-corrected chi connectivity index (χ4v) is 2.78. The van der Waals surface area contributed by atoms with Crippen molar-refractivity contribution in [2.45, 2.75) is 13.5 Å². The van der Waals surface area contributed by atoms with Gasteiger partial charge >= 0.3 is 0 Å². The molecule has 0 saturated carbocycles. The average Bonchev–Trinajstić information content (AvgIpc) is 2.74. The molecule has 0 saturated heterocycles. The number of methoxy groups -OCH3 is 2. The van der Waals surface area contributed by atoms with Crippen LogP contribution in [0.4, 0.5) is 10.1 Å². The third-order valence-electron chi connectivity index (χ3n) is 4.39. The number of anilines is 1. The second-order valence-electron chi connectivity index (χ2n) is 6.42. The summed E-state index contributed by atoms with van der Waals surface area (Å²) in [6.45, 7) is 2.15. The first-order valence-electron chi connectivity index (χ1n) is 9.01. The molecule has 0 aliphatic heterocycles. The second kappa shape index (κ2) is 9.10. The Bertz CT molecular complexity index is 1000. The molecular weight excluding hydrogens is 373 g/mol. The Morgan fingerprint density at radius 3 is 2.34 bits per heavy atom. The molecule has 29 heavy (non-hydrogen) atoms. The van der Waals surface area contributed by atoms with Gasteiger partial charge in [0.1, 0.15) is 18.2 Å². The zero-order chi connectivity index (χ0) is 20.8. The van der Waals surface area contributed by atoms with Crippen molar-refractivity contribution >= 4 is 11.6 Å². The summed E-state index contributed by atoms with van der Waals surface area (Å²) in [7, 11) is 3.10. The molecule has 0 heterocycles. The minimum absolute atomic E-state index is 0.271. The zero-order valence-electron chi connectivity index (χ0n) is 16.5. The van der Waals surface area contributed by atoms with Crippen molar-refractivity contribution in [1.29, 1.82) is 0 Å². The summed E-state index contributed by atoms with van der Waals surface area (Å²) < 4.78 is 29.3. The number of ether oxygens (including phenoxy) is 3. The normalized spacial score (nSPS) is 10.3. The lowest BCUT2D eigenvalue weighted by Crippen LogP contribution is -2.13. The van der Waals surface area contributed by atoms with E-state index in [4.69, 9.17) is 14.2 Å². The Morgan fingerprint density at radius 2 is 1.66 bits per heavy atom. The summed E-state index contributed by atoms with van der Waals surface area (Å²) in [4.78, 5) is 12.7. The molecule has 0 spiro atoms. The van der Waals surface area contributed by atoms with Crippen LogP contribution in [0.15, 0.2) is 60.7 Å². The van der Waals surface area contributed by atoms with Gasteiger partial charge in [-0.2, -0.15) is 0 Å². The number of hydrogen-bond donors (Lipinski definition) is 1. The lowest BCUT2D eigenvalue weighted by molar-refractivity contribution is 0.102. The van der Waals surface area contributed by atoms with Crippen LogP contribution in [0.2, 0.25) is 0 Å². The molecule has 0 radical (unpaired) electrons. The Balaban J connectivity index is 1.71. The third kappa shape index (κ3) is 5.04. The van der Waals surface area contributed by atoms with Crippen LogP contribution in [0.3, 0.4) is 0 Å². The van der Waals surface area contributed by atoms with E-state index in [1.54, 1.807) is 62.8 Å². The van der Waals surface area contributed by atoms with Crippen molar-refractivity contribution in [2.24, 2.45) is 0 Å². The molecule has 1 amide bonds. The maximum Gasteiger partial charge on any atom is 0.255 e.